The second kappa shape index (κ2) is 10.2. The first kappa shape index (κ1) is 17.5. The predicted molar refractivity (Wildman–Crippen MR) is 86.9 cm³/mol. The Morgan fingerprint density at radius 1 is 1.24 bits per heavy atom. The predicted octanol–water partition coefficient (Wildman–Crippen LogP) is 1.96. The summed E-state index contributed by atoms with van der Waals surface area (Å²) in [5.74, 6) is 0.714. The summed E-state index contributed by atoms with van der Waals surface area (Å²) in [5, 5.41) is 5.85. The number of likely N-dealkylation sites (N-methyl/N-ethyl adjacent to an activating group) is 1. The summed E-state index contributed by atoms with van der Waals surface area (Å²) in [6.45, 7) is 8.47. The Hall–Kier alpha value is -1.59. The molecule has 0 heterocycles. The van der Waals surface area contributed by atoms with E-state index in [0.29, 0.717) is 19.6 Å². The monoisotopic (exact) mass is 293 g/mol. The first-order valence-corrected chi connectivity index (χ1v) is 7.59. The van der Waals surface area contributed by atoms with Gasteiger partial charge in [-0.1, -0.05) is 26.0 Å². The van der Waals surface area contributed by atoms with Crippen molar-refractivity contribution in [3.63, 3.8) is 0 Å². The normalized spacial score (nSPS) is 10.7. The summed E-state index contributed by atoms with van der Waals surface area (Å²) in [5.41, 5.74) is 0.734. The fourth-order valence-corrected chi connectivity index (χ4v) is 1.97. The van der Waals surface area contributed by atoms with Crippen LogP contribution in [0.15, 0.2) is 24.3 Å². The Morgan fingerprint density at radius 2 is 1.95 bits per heavy atom. The molecule has 1 aromatic rings. The molecule has 1 rings (SSSR count). The van der Waals surface area contributed by atoms with E-state index < -0.39 is 0 Å². The van der Waals surface area contributed by atoms with Gasteiger partial charge < -0.3 is 20.3 Å². The Morgan fingerprint density at radius 3 is 2.62 bits per heavy atom. The molecule has 5 nitrogen and oxygen atoms in total. The van der Waals surface area contributed by atoms with E-state index in [1.165, 1.54) is 0 Å². The molecular weight excluding hydrogens is 266 g/mol. The molecule has 118 valence electrons. The molecule has 1 amide bonds. The first-order valence-electron chi connectivity index (χ1n) is 7.59. The van der Waals surface area contributed by atoms with Gasteiger partial charge in [-0.15, -0.1) is 0 Å². The van der Waals surface area contributed by atoms with Crippen LogP contribution in [-0.2, 0) is 4.79 Å². The molecule has 0 aliphatic rings. The van der Waals surface area contributed by atoms with Crippen LogP contribution in [0.2, 0.25) is 0 Å². The van der Waals surface area contributed by atoms with Crippen LogP contribution in [0.3, 0.4) is 0 Å². The number of rotatable bonds is 10. The third kappa shape index (κ3) is 6.60. The van der Waals surface area contributed by atoms with Gasteiger partial charge in [-0.2, -0.15) is 0 Å². The third-order valence-electron chi connectivity index (χ3n) is 3.32. The average Bonchev–Trinajstić information content (AvgIpc) is 2.51. The van der Waals surface area contributed by atoms with Crippen LogP contribution < -0.4 is 15.4 Å². The zero-order valence-corrected chi connectivity index (χ0v) is 13.3. The van der Waals surface area contributed by atoms with E-state index in [2.05, 4.69) is 29.4 Å². The van der Waals surface area contributed by atoms with E-state index in [1.807, 2.05) is 31.3 Å². The Balaban J connectivity index is 2.52. The Bertz CT molecular complexity index is 420. The second-order valence-electron chi connectivity index (χ2n) is 4.77. The van der Waals surface area contributed by atoms with Gasteiger partial charge in [0, 0.05) is 19.5 Å². The van der Waals surface area contributed by atoms with E-state index in [1.54, 1.807) is 0 Å². The quantitative estimate of drug-likeness (QED) is 0.692. The number of hydrogen-bond acceptors (Lipinski definition) is 4. The van der Waals surface area contributed by atoms with Gasteiger partial charge in [0.15, 0.2) is 0 Å². The van der Waals surface area contributed by atoms with Crippen molar-refractivity contribution in [1.29, 1.82) is 0 Å². The summed E-state index contributed by atoms with van der Waals surface area (Å²) < 4.78 is 5.80. The zero-order chi connectivity index (χ0) is 15.5. The molecule has 5 heteroatoms. The highest BCUT2D eigenvalue weighted by molar-refractivity contribution is 5.92. The molecule has 0 radical (unpaired) electrons. The molecule has 0 saturated heterocycles. The number of nitrogens with one attached hydrogen (secondary N) is 2. The molecule has 1 aromatic carbocycles. The third-order valence-corrected chi connectivity index (χ3v) is 3.32. The minimum Gasteiger partial charge on any atom is -0.490 e. The smallest absolute Gasteiger partial charge is 0.225 e. The van der Waals surface area contributed by atoms with Crippen LogP contribution in [-0.4, -0.2) is 50.6 Å². The van der Waals surface area contributed by atoms with E-state index in [9.17, 15) is 4.79 Å². The molecule has 0 saturated carbocycles. The zero-order valence-electron chi connectivity index (χ0n) is 13.3. The highest BCUT2D eigenvalue weighted by atomic mass is 16.5. The van der Waals surface area contributed by atoms with Gasteiger partial charge in [-0.05, 0) is 32.3 Å². The highest BCUT2D eigenvalue weighted by Crippen LogP contribution is 2.23. The molecule has 0 bridgehead atoms. The van der Waals surface area contributed by atoms with Gasteiger partial charge in [-0.25, -0.2) is 0 Å². The lowest BCUT2D eigenvalue weighted by molar-refractivity contribution is -0.116. The summed E-state index contributed by atoms with van der Waals surface area (Å²) in [6, 6.07) is 7.56. The fourth-order valence-electron chi connectivity index (χ4n) is 1.97. The minimum atomic E-state index is -0.0101. The van der Waals surface area contributed by atoms with Crippen molar-refractivity contribution in [3.8, 4) is 5.75 Å². The number of carbonyl (C=O) groups is 1. The molecule has 0 fully saturated rings. The van der Waals surface area contributed by atoms with Crippen LogP contribution >= 0.6 is 0 Å². The Kier molecular flexibility index (Phi) is 8.47. The van der Waals surface area contributed by atoms with Crippen LogP contribution in [0.25, 0.3) is 0 Å². The van der Waals surface area contributed by atoms with E-state index >= 15 is 0 Å². The van der Waals surface area contributed by atoms with Crippen LogP contribution in [0, 0.1) is 0 Å². The molecule has 2 N–H and O–H groups in total. The van der Waals surface area contributed by atoms with E-state index in [4.69, 9.17) is 4.74 Å². The number of nitrogens with zero attached hydrogens (tertiary/aromatic N) is 1. The van der Waals surface area contributed by atoms with E-state index in [0.717, 1.165) is 31.1 Å². The number of benzene rings is 1. The lowest BCUT2D eigenvalue weighted by Gasteiger charge is -2.19. The maximum absolute atomic E-state index is 11.8. The van der Waals surface area contributed by atoms with Gasteiger partial charge in [0.1, 0.15) is 12.4 Å². The van der Waals surface area contributed by atoms with Gasteiger partial charge in [0.25, 0.3) is 0 Å². The average molecular weight is 293 g/mol. The van der Waals surface area contributed by atoms with Gasteiger partial charge in [0.05, 0.1) is 5.69 Å². The van der Waals surface area contributed by atoms with Crippen molar-refractivity contribution < 1.29 is 9.53 Å². The summed E-state index contributed by atoms with van der Waals surface area (Å²) in [7, 11) is 1.83. The fraction of sp³-hybridized carbons (Fsp3) is 0.562. The van der Waals surface area contributed by atoms with Crippen molar-refractivity contribution in [1.82, 2.24) is 10.2 Å². The number of ether oxygens (including phenoxy) is 1. The highest BCUT2D eigenvalue weighted by Gasteiger charge is 2.07. The minimum absolute atomic E-state index is 0.0101. The summed E-state index contributed by atoms with van der Waals surface area (Å²) in [6.07, 6.45) is 0.449. The largest absolute Gasteiger partial charge is 0.490 e. The van der Waals surface area contributed by atoms with Gasteiger partial charge in [0.2, 0.25) is 5.91 Å². The topological polar surface area (TPSA) is 53.6 Å². The summed E-state index contributed by atoms with van der Waals surface area (Å²) in [4.78, 5) is 14.1. The van der Waals surface area contributed by atoms with Crippen molar-refractivity contribution in [2.24, 2.45) is 0 Å². The maximum Gasteiger partial charge on any atom is 0.225 e. The van der Waals surface area contributed by atoms with Crippen LogP contribution in [0.5, 0.6) is 5.75 Å². The maximum atomic E-state index is 11.8. The lowest BCUT2D eigenvalue weighted by Crippen LogP contribution is -2.28. The number of anilines is 1. The molecule has 21 heavy (non-hydrogen) atoms. The summed E-state index contributed by atoms with van der Waals surface area (Å²) >= 11 is 0. The molecule has 0 aromatic heterocycles. The van der Waals surface area contributed by atoms with Crippen molar-refractivity contribution >= 4 is 11.6 Å². The number of hydrogen-bond donors (Lipinski definition) is 2. The van der Waals surface area contributed by atoms with Crippen molar-refractivity contribution in [2.45, 2.75) is 20.3 Å². The van der Waals surface area contributed by atoms with E-state index in [-0.39, 0.29) is 5.91 Å². The van der Waals surface area contributed by atoms with Gasteiger partial charge in [-0.3, -0.25) is 4.79 Å². The van der Waals surface area contributed by atoms with Crippen molar-refractivity contribution in [3.05, 3.63) is 24.3 Å². The van der Waals surface area contributed by atoms with Crippen molar-refractivity contribution in [2.75, 3.05) is 45.2 Å². The molecule has 0 atom stereocenters. The molecular formula is C16H27N3O2. The Labute approximate surface area is 127 Å². The SMILES string of the molecule is CCN(CC)CCOc1ccccc1NC(=O)CCNC. The first-order chi connectivity index (χ1) is 10.2. The number of amides is 1. The lowest BCUT2D eigenvalue weighted by atomic mass is 10.2. The molecule has 0 unspecified atom stereocenters. The molecule has 0 spiro atoms. The molecule has 0 aliphatic heterocycles. The molecule has 0 aliphatic carbocycles. The van der Waals surface area contributed by atoms with Crippen LogP contribution in [0.1, 0.15) is 20.3 Å². The number of para-hydroxylation sites is 2. The van der Waals surface area contributed by atoms with Crippen LogP contribution in [0.4, 0.5) is 5.69 Å². The number of carbonyl (C=O) groups excluding carboxylic acids is 1. The second-order valence-corrected chi connectivity index (χ2v) is 4.77. The standard InChI is InChI=1S/C16H27N3O2/c1-4-19(5-2)12-13-21-15-9-7-6-8-14(15)18-16(20)10-11-17-3/h6-9,17H,4-5,10-13H2,1-3H3,(H,18,20). The van der Waals surface area contributed by atoms with Gasteiger partial charge >= 0.3 is 0 Å².